The van der Waals surface area contributed by atoms with Crippen molar-refractivity contribution >= 4 is 6.03 Å². The predicted octanol–water partition coefficient (Wildman–Crippen LogP) is -0.456. The number of nitrogens with one attached hydrogen (secondary N) is 1. The van der Waals surface area contributed by atoms with Crippen LogP contribution in [0.3, 0.4) is 0 Å². The van der Waals surface area contributed by atoms with Gasteiger partial charge in [-0.1, -0.05) is 0 Å². The lowest BCUT2D eigenvalue weighted by Gasteiger charge is -2.26. The van der Waals surface area contributed by atoms with E-state index in [1.807, 2.05) is 21.9 Å². The van der Waals surface area contributed by atoms with Crippen LogP contribution in [0.15, 0.2) is 0 Å². The summed E-state index contributed by atoms with van der Waals surface area (Å²) in [5.74, 6) is 0. The summed E-state index contributed by atoms with van der Waals surface area (Å²) in [6.45, 7) is 20.6. The first kappa shape index (κ1) is 27.6. The van der Waals surface area contributed by atoms with Crippen molar-refractivity contribution in [3.05, 3.63) is 22.8 Å². The Kier molecular flexibility index (Phi) is 14.3. The normalized spacial score (nSPS) is 13.1. The van der Waals surface area contributed by atoms with E-state index in [0.717, 1.165) is 0 Å². The minimum Gasteiger partial charge on any atom is -0.322 e. The highest BCUT2D eigenvalue weighted by molar-refractivity contribution is 5.76. The van der Waals surface area contributed by atoms with Gasteiger partial charge in [0.15, 0.2) is 0 Å². The number of carbonyl (C=O) groups is 1. The molecule has 0 radical (unpaired) electrons. The van der Waals surface area contributed by atoms with Crippen molar-refractivity contribution in [1.82, 2.24) is 29.8 Å². The fourth-order valence-corrected chi connectivity index (χ4v) is 3.36. The van der Waals surface area contributed by atoms with E-state index < -0.39 is 0 Å². The molecule has 1 heterocycles. The molecule has 1 N–H and O–H groups in total. The number of nitrogens with zero attached hydrogens (tertiary/aromatic N) is 10. The molecule has 0 aromatic heterocycles. The third kappa shape index (κ3) is 11.1. The third-order valence-corrected chi connectivity index (χ3v) is 5.23. The van der Waals surface area contributed by atoms with Crippen LogP contribution < -0.4 is 5.32 Å². The molecule has 0 aromatic rings. The molecular weight excluding hydrogens is 422 g/mol. The van der Waals surface area contributed by atoms with Crippen molar-refractivity contribution in [3.63, 3.8) is 0 Å². The number of nitriles is 3. The molecule has 1 aliphatic heterocycles. The van der Waals surface area contributed by atoms with Crippen LogP contribution in [0.2, 0.25) is 0 Å². The predicted molar refractivity (Wildman–Crippen MR) is 121 cm³/mol. The Balaban J connectivity index is 2.46. The van der Waals surface area contributed by atoms with E-state index in [-0.39, 0.29) is 39.0 Å². The first-order valence-corrected chi connectivity index (χ1v) is 10.8. The maximum atomic E-state index is 12.7. The molecule has 0 aromatic carbocycles. The van der Waals surface area contributed by atoms with Crippen LogP contribution in [0.4, 0.5) is 4.79 Å². The van der Waals surface area contributed by atoms with E-state index in [0.29, 0.717) is 65.4 Å². The number of hydrogen-bond acceptors (Lipinski definition) is 8. The van der Waals surface area contributed by atoms with Gasteiger partial charge in [0.2, 0.25) is 0 Å². The Morgan fingerprint density at radius 2 is 1.36 bits per heavy atom. The third-order valence-electron chi connectivity index (χ3n) is 5.23. The van der Waals surface area contributed by atoms with Gasteiger partial charge < -0.3 is 9.80 Å². The SMILES string of the molecule is [C-]#[N+]CNCCN(CCN1CCN(CCN(CC#N)CCN(CC#N)CC#N)C1=O)C[N+]#[C-]. The van der Waals surface area contributed by atoms with E-state index in [9.17, 15) is 4.79 Å². The van der Waals surface area contributed by atoms with Crippen LogP contribution in [0, 0.1) is 47.1 Å². The molecule has 1 saturated heterocycles. The Morgan fingerprint density at radius 1 is 0.818 bits per heavy atom. The molecule has 33 heavy (non-hydrogen) atoms. The molecule has 12 heteroatoms. The van der Waals surface area contributed by atoms with Crippen LogP contribution in [-0.4, -0.2) is 129 Å². The van der Waals surface area contributed by atoms with Gasteiger partial charge in [0.05, 0.1) is 37.8 Å². The molecule has 1 fully saturated rings. The minimum absolute atomic E-state index is 0.0450. The topological polar surface area (TPSA) is 125 Å². The second kappa shape index (κ2) is 17.2. The second-order valence-electron chi connectivity index (χ2n) is 7.45. The van der Waals surface area contributed by atoms with Crippen molar-refractivity contribution in [2.75, 3.05) is 98.4 Å². The maximum Gasteiger partial charge on any atom is 0.320 e. The van der Waals surface area contributed by atoms with Crippen LogP contribution >= 0.6 is 0 Å². The first-order valence-electron chi connectivity index (χ1n) is 10.8. The smallest absolute Gasteiger partial charge is 0.320 e. The summed E-state index contributed by atoms with van der Waals surface area (Å²) in [7, 11) is 0. The summed E-state index contributed by atoms with van der Waals surface area (Å²) in [4.78, 5) is 28.6. The van der Waals surface area contributed by atoms with Crippen LogP contribution in [0.25, 0.3) is 9.69 Å². The molecule has 0 bridgehead atoms. The first-order chi connectivity index (χ1) is 16.1. The van der Waals surface area contributed by atoms with Crippen molar-refractivity contribution in [3.8, 4) is 18.2 Å². The molecule has 0 saturated carbocycles. The van der Waals surface area contributed by atoms with Crippen molar-refractivity contribution in [2.45, 2.75) is 0 Å². The van der Waals surface area contributed by atoms with E-state index in [2.05, 4.69) is 21.1 Å². The van der Waals surface area contributed by atoms with E-state index in [1.54, 1.807) is 14.7 Å². The molecule has 1 rings (SSSR count). The largest absolute Gasteiger partial charge is 0.322 e. The number of carbonyl (C=O) groups excluding carboxylic acids is 1. The zero-order chi connectivity index (χ0) is 24.3. The van der Waals surface area contributed by atoms with Gasteiger partial charge in [-0.15, -0.1) is 0 Å². The number of urea groups is 1. The summed E-state index contributed by atoms with van der Waals surface area (Å²) in [6, 6.07) is 6.16. The molecule has 12 nitrogen and oxygen atoms in total. The molecule has 0 unspecified atom stereocenters. The van der Waals surface area contributed by atoms with Gasteiger partial charge in [-0.3, -0.25) is 19.5 Å². The lowest BCUT2D eigenvalue weighted by molar-refractivity contribution is 0.176. The lowest BCUT2D eigenvalue weighted by atomic mass is 10.4. The molecule has 176 valence electrons. The number of hydrogen-bond donors (Lipinski definition) is 1. The fourth-order valence-electron chi connectivity index (χ4n) is 3.36. The van der Waals surface area contributed by atoms with Gasteiger partial charge in [0.25, 0.3) is 13.3 Å². The second-order valence-corrected chi connectivity index (χ2v) is 7.45. The van der Waals surface area contributed by atoms with Gasteiger partial charge in [-0.25, -0.2) is 28.2 Å². The molecule has 1 aliphatic rings. The highest BCUT2D eigenvalue weighted by Crippen LogP contribution is 2.09. The molecular formula is C21H31N11O. The monoisotopic (exact) mass is 453 g/mol. The highest BCUT2D eigenvalue weighted by atomic mass is 16.2. The van der Waals surface area contributed by atoms with Crippen molar-refractivity contribution in [1.29, 1.82) is 15.8 Å². The summed E-state index contributed by atoms with van der Waals surface area (Å²) < 4.78 is 0. The molecule has 0 aliphatic carbocycles. The van der Waals surface area contributed by atoms with Crippen LogP contribution in [-0.2, 0) is 0 Å². The highest BCUT2D eigenvalue weighted by Gasteiger charge is 2.28. The van der Waals surface area contributed by atoms with Gasteiger partial charge >= 0.3 is 6.03 Å². The fraction of sp³-hybridized carbons (Fsp3) is 0.714. The Bertz CT molecular complexity index is 781. The van der Waals surface area contributed by atoms with E-state index >= 15 is 0 Å². The standard InChI is InChI=1S/C21H31N11O/c1-25-19-27-6-10-30(20-26-2)14-16-32-18-17-31(21(32)33)15-13-29(9-5-24)12-11-28(7-3-22)8-4-23/h27H,6-20H2. The Morgan fingerprint density at radius 3 is 1.91 bits per heavy atom. The van der Waals surface area contributed by atoms with Crippen LogP contribution in [0.5, 0.6) is 0 Å². The zero-order valence-electron chi connectivity index (χ0n) is 19.0. The van der Waals surface area contributed by atoms with Crippen molar-refractivity contribution in [2.24, 2.45) is 0 Å². The van der Waals surface area contributed by atoms with Gasteiger partial charge in [0.1, 0.15) is 0 Å². The summed E-state index contributed by atoms with van der Waals surface area (Å²) in [5.41, 5.74) is 0. The average molecular weight is 454 g/mol. The van der Waals surface area contributed by atoms with Gasteiger partial charge in [0, 0.05) is 65.4 Å². The van der Waals surface area contributed by atoms with Gasteiger partial charge in [-0.05, 0) is 0 Å². The Hall–Kier alpha value is -3.44. The number of amides is 2. The van der Waals surface area contributed by atoms with E-state index in [4.69, 9.17) is 28.9 Å². The van der Waals surface area contributed by atoms with Crippen LogP contribution in [0.1, 0.15) is 0 Å². The zero-order valence-corrected chi connectivity index (χ0v) is 19.0. The molecule has 0 spiro atoms. The summed E-state index contributed by atoms with van der Waals surface area (Å²) >= 11 is 0. The lowest BCUT2D eigenvalue weighted by Crippen LogP contribution is -2.42. The van der Waals surface area contributed by atoms with E-state index in [1.165, 1.54) is 0 Å². The molecule has 0 atom stereocenters. The quantitative estimate of drug-likeness (QED) is 0.178. The molecule has 2 amide bonds. The minimum atomic E-state index is -0.0450. The summed E-state index contributed by atoms with van der Waals surface area (Å²) in [5, 5.41) is 29.8. The summed E-state index contributed by atoms with van der Waals surface area (Å²) in [6.07, 6.45) is 0. The number of rotatable bonds is 17. The Labute approximate surface area is 196 Å². The maximum absolute atomic E-state index is 12.7. The van der Waals surface area contributed by atoms with Gasteiger partial charge in [-0.2, -0.15) is 15.8 Å². The average Bonchev–Trinajstić information content (AvgIpc) is 3.16. The van der Waals surface area contributed by atoms with Crippen molar-refractivity contribution < 1.29 is 4.79 Å².